The number of halogens is 1. The summed E-state index contributed by atoms with van der Waals surface area (Å²) < 4.78 is 18.4. The van der Waals surface area contributed by atoms with E-state index >= 15 is 0 Å². The molecule has 0 unspecified atom stereocenters. The molecular weight excluding hydrogens is 392 g/mol. The van der Waals surface area contributed by atoms with Crippen molar-refractivity contribution < 1.29 is 13.9 Å². The molecule has 150 valence electrons. The quantitative estimate of drug-likeness (QED) is 0.421. The van der Waals surface area contributed by atoms with Crippen LogP contribution in [0.1, 0.15) is 17.9 Å². The molecule has 0 bridgehead atoms. The Labute approximate surface area is 172 Å². The molecule has 0 aliphatic rings. The SMILES string of the molecule is COc1ccc(Cn2c(=O)c3ccccc3c3nc(CCCCl)oc32)c(OC)c1. The molecular formula is C22H21ClN2O4. The maximum absolute atomic E-state index is 13.3. The predicted molar refractivity (Wildman–Crippen MR) is 113 cm³/mol. The number of hydrogen-bond acceptors (Lipinski definition) is 5. The fourth-order valence-electron chi connectivity index (χ4n) is 3.45. The van der Waals surface area contributed by atoms with Gasteiger partial charge in [-0.3, -0.25) is 9.36 Å². The number of aromatic nitrogens is 2. The summed E-state index contributed by atoms with van der Waals surface area (Å²) in [5.74, 6) is 2.42. The monoisotopic (exact) mass is 412 g/mol. The van der Waals surface area contributed by atoms with Crippen molar-refractivity contribution in [2.45, 2.75) is 19.4 Å². The average Bonchev–Trinajstić information content (AvgIpc) is 3.19. The van der Waals surface area contributed by atoms with Gasteiger partial charge in [-0.25, -0.2) is 4.98 Å². The Balaban J connectivity index is 1.92. The summed E-state index contributed by atoms with van der Waals surface area (Å²) in [6.45, 7) is 0.289. The van der Waals surface area contributed by atoms with Crippen LogP contribution in [0.5, 0.6) is 11.5 Å². The third-order valence-corrected chi connectivity index (χ3v) is 5.17. The number of pyridine rings is 1. The lowest BCUT2D eigenvalue weighted by Crippen LogP contribution is -2.21. The molecule has 0 saturated heterocycles. The number of hydrogen-bond donors (Lipinski definition) is 0. The highest BCUT2D eigenvalue weighted by Gasteiger charge is 2.18. The van der Waals surface area contributed by atoms with E-state index in [1.807, 2.05) is 36.4 Å². The van der Waals surface area contributed by atoms with Crippen LogP contribution in [-0.2, 0) is 13.0 Å². The van der Waals surface area contributed by atoms with Crippen LogP contribution in [0.25, 0.3) is 22.0 Å². The van der Waals surface area contributed by atoms with Crippen LogP contribution in [0.4, 0.5) is 0 Å². The second kappa shape index (κ2) is 8.17. The van der Waals surface area contributed by atoms with Gasteiger partial charge in [0.25, 0.3) is 5.56 Å². The number of nitrogens with zero attached hydrogens (tertiary/aromatic N) is 2. The first-order chi connectivity index (χ1) is 14.2. The van der Waals surface area contributed by atoms with Crippen molar-refractivity contribution in [1.82, 2.24) is 9.55 Å². The van der Waals surface area contributed by atoms with Gasteiger partial charge >= 0.3 is 0 Å². The molecule has 6 nitrogen and oxygen atoms in total. The summed E-state index contributed by atoms with van der Waals surface area (Å²) in [4.78, 5) is 17.9. The summed E-state index contributed by atoms with van der Waals surface area (Å²) in [6, 6.07) is 13.0. The minimum Gasteiger partial charge on any atom is -0.497 e. The number of ether oxygens (including phenoxy) is 2. The Kier molecular flexibility index (Phi) is 5.45. The fourth-order valence-corrected chi connectivity index (χ4v) is 3.58. The van der Waals surface area contributed by atoms with E-state index in [-0.39, 0.29) is 12.1 Å². The van der Waals surface area contributed by atoms with Gasteiger partial charge in [-0.15, -0.1) is 11.6 Å². The summed E-state index contributed by atoms with van der Waals surface area (Å²) >= 11 is 5.82. The lowest BCUT2D eigenvalue weighted by atomic mass is 10.1. The Hall–Kier alpha value is -2.99. The van der Waals surface area contributed by atoms with Crippen LogP contribution in [0.15, 0.2) is 51.7 Å². The molecule has 0 spiro atoms. The van der Waals surface area contributed by atoms with Gasteiger partial charge < -0.3 is 13.9 Å². The van der Waals surface area contributed by atoms with Crippen molar-refractivity contribution >= 4 is 33.6 Å². The Morgan fingerprint density at radius 2 is 1.90 bits per heavy atom. The highest BCUT2D eigenvalue weighted by molar-refractivity contribution is 6.17. The van der Waals surface area contributed by atoms with E-state index in [1.165, 1.54) is 0 Å². The molecule has 0 saturated carbocycles. The van der Waals surface area contributed by atoms with Gasteiger partial charge in [0.05, 0.1) is 20.8 Å². The molecule has 0 aliphatic heterocycles. The molecule has 29 heavy (non-hydrogen) atoms. The molecule has 4 rings (SSSR count). The smallest absolute Gasteiger partial charge is 0.261 e. The van der Waals surface area contributed by atoms with Gasteiger partial charge in [-0.05, 0) is 24.6 Å². The molecule has 2 aromatic carbocycles. The van der Waals surface area contributed by atoms with Gasteiger partial charge in [0.15, 0.2) is 5.89 Å². The summed E-state index contributed by atoms with van der Waals surface area (Å²) in [5, 5.41) is 1.39. The lowest BCUT2D eigenvalue weighted by Gasteiger charge is -2.13. The van der Waals surface area contributed by atoms with Crippen LogP contribution in [-0.4, -0.2) is 29.7 Å². The van der Waals surface area contributed by atoms with Crippen LogP contribution in [0, 0.1) is 0 Å². The molecule has 2 heterocycles. The van der Waals surface area contributed by atoms with E-state index in [2.05, 4.69) is 4.98 Å². The van der Waals surface area contributed by atoms with E-state index in [0.29, 0.717) is 46.3 Å². The average molecular weight is 413 g/mol. The minimum atomic E-state index is -0.133. The number of benzene rings is 2. The van der Waals surface area contributed by atoms with Crippen LogP contribution >= 0.6 is 11.6 Å². The maximum Gasteiger partial charge on any atom is 0.261 e. The Bertz CT molecular complexity index is 1230. The van der Waals surface area contributed by atoms with Crippen LogP contribution in [0.3, 0.4) is 0 Å². The highest BCUT2D eigenvalue weighted by atomic mass is 35.5. The largest absolute Gasteiger partial charge is 0.497 e. The first-order valence-corrected chi connectivity index (χ1v) is 9.87. The predicted octanol–water partition coefficient (Wildman–Crippen LogP) is 4.38. The van der Waals surface area contributed by atoms with Crippen LogP contribution in [0.2, 0.25) is 0 Å². The van der Waals surface area contributed by atoms with Gasteiger partial charge in [-0.1, -0.05) is 18.2 Å². The number of rotatable bonds is 7. The zero-order valence-electron chi connectivity index (χ0n) is 16.3. The number of methoxy groups -OCH3 is 2. The van der Waals surface area contributed by atoms with Crippen molar-refractivity contribution in [3.05, 3.63) is 64.3 Å². The fraction of sp³-hybridized carbons (Fsp3) is 0.273. The van der Waals surface area contributed by atoms with Crippen molar-refractivity contribution in [2.24, 2.45) is 0 Å². The molecule has 0 amide bonds. The van der Waals surface area contributed by atoms with E-state index < -0.39 is 0 Å². The molecule has 4 aromatic rings. The van der Waals surface area contributed by atoms with Gasteiger partial charge in [-0.2, -0.15) is 0 Å². The second-order valence-electron chi connectivity index (χ2n) is 6.67. The summed E-state index contributed by atoms with van der Waals surface area (Å²) in [7, 11) is 3.19. The van der Waals surface area contributed by atoms with E-state index in [9.17, 15) is 4.79 Å². The van der Waals surface area contributed by atoms with Gasteiger partial charge in [0.1, 0.15) is 17.0 Å². The third-order valence-electron chi connectivity index (χ3n) is 4.90. The molecule has 2 aromatic heterocycles. The highest BCUT2D eigenvalue weighted by Crippen LogP contribution is 2.28. The first kappa shape index (κ1) is 19.3. The topological polar surface area (TPSA) is 66.5 Å². The number of alkyl halides is 1. The molecule has 0 N–H and O–H groups in total. The molecule has 0 atom stereocenters. The minimum absolute atomic E-state index is 0.133. The van der Waals surface area contributed by atoms with Gasteiger partial charge in [0, 0.05) is 34.7 Å². The lowest BCUT2D eigenvalue weighted by molar-refractivity contribution is 0.390. The second-order valence-corrected chi connectivity index (χ2v) is 7.05. The van der Waals surface area contributed by atoms with E-state index in [1.54, 1.807) is 24.9 Å². The number of oxazole rings is 1. The zero-order chi connectivity index (χ0) is 20.4. The molecule has 7 heteroatoms. The van der Waals surface area contributed by atoms with Crippen molar-refractivity contribution in [2.75, 3.05) is 20.1 Å². The Morgan fingerprint density at radius 1 is 1.10 bits per heavy atom. The van der Waals surface area contributed by atoms with Crippen molar-refractivity contribution in [3.63, 3.8) is 0 Å². The van der Waals surface area contributed by atoms with Crippen molar-refractivity contribution in [1.29, 1.82) is 0 Å². The zero-order valence-corrected chi connectivity index (χ0v) is 17.0. The Morgan fingerprint density at radius 3 is 2.62 bits per heavy atom. The maximum atomic E-state index is 13.3. The molecule has 0 aliphatic carbocycles. The molecule has 0 radical (unpaired) electrons. The number of fused-ring (bicyclic) bond motifs is 3. The standard InChI is InChI=1S/C22H21ClN2O4/c1-27-15-10-9-14(18(12-15)28-2)13-25-21(26)17-7-4-3-6-16(17)20-22(25)29-19(24-20)8-5-11-23/h3-4,6-7,9-10,12H,5,8,11,13H2,1-2H3. The van der Waals surface area contributed by atoms with E-state index in [0.717, 1.165) is 17.4 Å². The first-order valence-electron chi connectivity index (χ1n) is 9.34. The normalized spacial score (nSPS) is 11.3. The van der Waals surface area contributed by atoms with E-state index in [4.69, 9.17) is 25.5 Å². The summed E-state index contributed by atoms with van der Waals surface area (Å²) in [6.07, 6.45) is 1.37. The number of aryl methyl sites for hydroxylation is 1. The third kappa shape index (κ3) is 3.56. The van der Waals surface area contributed by atoms with Crippen LogP contribution < -0.4 is 15.0 Å². The van der Waals surface area contributed by atoms with Gasteiger partial charge in [0.2, 0.25) is 5.71 Å². The summed E-state index contributed by atoms with van der Waals surface area (Å²) in [5.41, 5.74) is 1.84. The van der Waals surface area contributed by atoms with Crippen molar-refractivity contribution in [3.8, 4) is 11.5 Å². The molecule has 0 fully saturated rings.